The lowest BCUT2D eigenvalue weighted by molar-refractivity contribution is 0.102. The number of aryl methyl sites for hydroxylation is 1. The average Bonchev–Trinajstić information content (AvgIpc) is 2.42. The van der Waals surface area contributed by atoms with Crippen molar-refractivity contribution in [3.63, 3.8) is 0 Å². The lowest BCUT2D eigenvalue weighted by Gasteiger charge is -2.10. The molecule has 0 aliphatic heterocycles. The summed E-state index contributed by atoms with van der Waals surface area (Å²) in [6.07, 6.45) is 0. The van der Waals surface area contributed by atoms with Gasteiger partial charge in [-0.3, -0.25) is 4.79 Å². The van der Waals surface area contributed by atoms with Gasteiger partial charge in [0.2, 0.25) is 0 Å². The molecule has 2 rings (SSSR count). The van der Waals surface area contributed by atoms with Crippen LogP contribution in [0.3, 0.4) is 0 Å². The van der Waals surface area contributed by atoms with Crippen molar-refractivity contribution >= 4 is 34.8 Å². The summed E-state index contributed by atoms with van der Waals surface area (Å²) in [5, 5.41) is 3.65. The van der Waals surface area contributed by atoms with E-state index in [1.807, 2.05) is 13.0 Å². The van der Waals surface area contributed by atoms with Gasteiger partial charge >= 0.3 is 0 Å². The monoisotopic (exact) mass is 309 g/mol. The highest BCUT2D eigenvalue weighted by atomic mass is 35.5. The van der Waals surface area contributed by atoms with Crippen molar-refractivity contribution in [2.24, 2.45) is 0 Å². The molecule has 0 unspecified atom stereocenters. The standard InChI is InChI=1S/C15H13Cl2NO2/c1-9-3-4-10(7-14(9)20-2)15(19)18-13-6-5-11(16)8-12(13)17/h3-8H,1-2H3,(H,18,19). The van der Waals surface area contributed by atoms with E-state index in [9.17, 15) is 4.79 Å². The minimum absolute atomic E-state index is 0.257. The molecule has 0 heterocycles. The van der Waals surface area contributed by atoms with E-state index >= 15 is 0 Å². The van der Waals surface area contributed by atoms with Gasteiger partial charge in [0, 0.05) is 10.6 Å². The van der Waals surface area contributed by atoms with Crippen molar-refractivity contribution in [1.82, 2.24) is 0 Å². The predicted octanol–water partition coefficient (Wildman–Crippen LogP) is 4.56. The first-order valence-corrected chi connectivity index (χ1v) is 6.68. The molecule has 2 aromatic carbocycles. The van der Waals surface area contributed by atoms with E-state index < -0.39 is 0 Å². The molecule has 0 aromatic heterocycles. The van der Waals surface area contributed by atoms with Gasteiger partial charge < -0.3 is 10.1 Å². The van der Waals surface area contributed by atoms with Crippen LogP contribution in [0.2, 0.25) is 10.0 Å². The van der Waals surface area contributed by atoms with Crippen LogP contribution in [0.1, 0.15) is 15.9 Å². The van der Waals surface area contributed by atoms with E-state index in [2.05, 4.69) is 5.32 Å². The van der Waals surface area contributed by atoms with Crippen molar-refractivity contribution in [3.05, 3.63) is 57.6 Å². The normalized spacial score (nSPS) is 10.2. The number of rotatable bonds is 3. The molecule has 1 N–H and O–H groups in total. The molecule has 0 spiro atoms. The second kappa shape index (κ2) is 6.16. The van der Waals surface area contributed by atoms with E-state index in [-0.39, 0.29) is 5.91 Å². The lowest BCUT2D eigenvalue weighted by Crippen LogP contribution is -2.12. The minimum atomic E-state index is -0.257. The molecule has 5 heteroatoms. The predicted molar refractivity (Wildman–Crippen MR) is 82.1 cm³/mol. The quantitative estimate of drug-likeness (QED) is 0.902. The number of carbonyl (C=O) groups is 1. The molecule has 0 aliphatic rings. The van der Waals surface area contributed by atoms with Gasteiger partial charge in [0.05, 0.1) is 17.8 Å². The fraction of sp³-hybridized carbons (Fsp3) is 0.133. The van der Waals surface area contributed by atoms with Gasteiger partial charge in [-0.05, 0) is 42.8 Å². The molecule has 0 bridgehead atoms. The summed E-state index contributed by atoms with van der Waals surface area (Å²) in [6, 6.07) is 10.2. The average molecular weight is 310 g/mol. The topological polar surface area (TPSA) is 38.3 Å². The SMILES string of the molecule is COc1cc(C(=O)Nc2ccc(Cl)cc2Cl)ccc1C. The molecular formula is C15H13Cl2NO2. The first-order valence-electron chi connectivity index (χ1n) is 5.92. The maximum atomic E-state index is 12.2. The number of hydrogen-bond acceptors (Lipinski definition) is 2. The molecule has 104 valence electrons. The first-order chi connectivity index (χ1) is 9.51. The number of methoxy groups -OCH3 is 1. The minimum Gasteiger partial charge on any atom is -0.496 e. The van der Waals surface area contributed by atoms with Gasteiger partial charge in [-0.1, -0.05) is 29.3 Å². The second-order valence-electron chi connectivity index (χ2n) is 4.26. The smallest absolute Gasteiger partial charge is 0.255 e. The zero-order chi connectivity index (χ0) is 14.7. The van der Waals surface area contributed by atoms with E-state index in [1.54, 1.807) is 37.4 Å². The molecule has 0 radical (unpaired) electrons. The number of amides is 1. The third-order valence-electron chi connectivity index (χ3n) is 2.85. The fourth-order valence-electron chi connectivity index (χ4n) is 1.75. The Morgan fingerprint density at radius 1 is 1.15 bits per heavy atom. The van der Waals surface area contributed by atoms with E-state index in [4.69, 9.17) is 27.9 Å². The number of nitrogens with one attached hydrogen (secondary N) is 1. The summed E-state index contributed by atoms with van der Waals surface area (Å²) in [5.74, 6) is 0.410. The summed E-state index contributed by atoms with van der Waals surface area (Å²) in [5.41, 5.74) is 1.98. The lowest BCUT2D eigenvalue weighted by atomic mass is 10.1. The molecule has 1 amide bonds. The number of halogens is 2. The van der Waals surface area contributed by atoms with E-state index in [1.165, 1.54) is 0 Å². The number of carbonyl (C=O) groups excluding carboxylic acids is 1. The number of hydrogen-bond donors (Lipinski definition) is 1. The summed E-state index contributed by atoms with van der Waals surface area (Å²) < 4.78 is 5.20. The van der Waals surface area contributed by atoms with Gasteiger partial charge in [0.15, 0.2) is 0 Å². The Morgan fingerprint density at radius 3 is 2.55 bits per heavy atom. The van der Waals surface area contributed by atoms with Crippen LogP contribution < -0.4 is 10.1 Å². The highest BCUT2D eigenvalue weighted by Crippen LogP contribution is 2.26. The third kappa shape index (κ3) is 3.24. The van der Waals surface area contributed by atoms with Crippen LogP contribution in [0, 0.1) is 6.92 Å². The van der Waals surface area contributed by atoms with Crippen LogP contribution >= 0.6 is 23.2 Å². The van der Waals surface area contributed by atoms with Gasteiger partial charge in [0.25, 0.3) is 5.91 Å². The molecule has 0 atom stereocenters. The van der Waals surface area contributed by atoms with Crippen molar-refractivity contribution in [2.75, 3.05) is 12.4 Å². The molecule has 2 aromatic rings. The Labute approximate surface area is 127 Å². The zero-order valence-electron chi connectivity index (χ0n) is 11.0. The Balaban J connectivity index is 2.24. The van der Waals surface area contributed by atoms with Gasteiger partial charge in [-0.25, -0.2) is 0 Å². The van der Waals surface area contributed by atoms with Gasteiger partial charge in [-0.2, -0.15) is 0 Å². The highest BCUT2D eigenvalue weighted by molar-refractivity contribution is 6.36. The van der Waals surface area contributed by atoms with Crippen molar-refractivity contribution in [2.45, 2.75) is 6.92 Å². The maximum absolute atomic E-state index is 12.2. The summed E-state index contributed by atoms with van der Waals surface area (Å²) >= 11 is 11.8. The number of ether oxygens (including phenoxy) is 1. The Morgan fingerprint density at radius 2 is 1.90 bits per heavy atom. The summed E-state index contributed by atoms with van der Waals surface area (Å²) in [6.45, 7) is 1.91. The largest absolute Gasteiger partial charge is 0.496 e. The molecule has 0 saturated carbocycles. The fourth-order valence-corrected chi connectivity index (χ4v) is 2.20. The summed E-state index contributed by atoms with van der Waals surface area (Å²) in [4.78, 5) is 12.2. The van der Waals surface area contributed by atoms with Crippen LogP contribution in [0.25, 0.3) is 0 Å². The molecule has 0 aliphatic carbocycles. The van der Waals surface area contributed by atoms with Crippen LogP contribution in [-0.2, 0) is 0 Å². The molecule has 0 saturated heterocycles. The van der Waals surface area contributed by atoms with E-state index in [0.717, 1.165) is 5.56 Å². The Hall–Kier alpha value is -1.71. The second-order valence-corrected chi connectivity index (χ2v) is 5.11. The van der Waals surface area contributed by atoms with Gasteiger partial charge in [-0.15, -0.1) is 0 Å². The Kier molecular flexibility index (Phi) is 4.53. The molecule has 0 fully saturated rings. The molecular weight excluding hydrogens is 297 g/mol. The molecule has 20 heavy (non-hydrogen) atoms. The van der Waals surface area contributed by atoms with Crippen molar-refractivity contribution in [3.8, 4) is 5.75 Å². The van der Waals surface area contributed by atoms with Crippen LogP contribution in [0.5, 0.6) is 5.75 Å². The third-order valence-corrected chi connectivity index (χ3v) is 3.40. The van der Waals surface area contributed by atoms with Crippen LogP contribution in [0.4, 0.5) is 5.69 Å². The van der Waals surface area contributed by atoms with Crippen LogP contribution in [-0.4, -0.2) is 13.0 Å². The maximum Gasteiger partial charge on any atom is 0.255 e. The Bertz CT molecular complexity index is 656. The van der Waals surface area contributed by atoms with Crippen molar-refractivity contribution in [1.29, 1.82) is 0 Å². The zero-order valence-corrected chi connectivity index (χ0v) is 12.5. The van der Waals surface area contributed by atoms with Crippen LogP contribution in [0.15, 0.2) is 36.4 Å². The molecule has 3 nitrogen and oxygen atoms in total. The highest BCUT2D eigenvalue weighted by Gasteiger charge is 2.10. The van der Waals surface area contributed by atoms with Crippen molar-refractivity contribution < 1.29 is 9.53 Å². The van der Waals surface area contributed by atoms with E-state index in [0.29, 0.717) is 27.0 Å². The number of anilines is 1. The summed E-state index contributed by atoms with van der Waals surface area (Å²) in [7, 11) is 1.57. The van der Waals surface area contributed by atoms with Gasteiger partial charge in [0.1, 0.15) is 5.75 Å². The number of benzene rings is 2. The first kappa shape index (κ1) is 14.7.